The number of amides is 3. The Bertz CT molecular complexity index is 552. The van der Waals surface area contributed by atoms with E-state index in [9.17, 15) is 9.59 Å². The molecule has 1 aromatic carbocycles. The van der Waals surface area contributed by atoms with Crippen molar-refractivity contribution in [1.82, 2.24) is 5.32 Å². The molecule has 1 aliphatic carbocycles. The Balaban J connectivity index is 1.80. The van der Waals surface area contributed by atoms with Gasteiger partial charge in [0.15, 0.2) is 0 Å². The summed E-state index contributed by atoms with van der Waals surface area (Å²) >= 11 is 0. The van der Waals surface area contributed by atoms with E-state index in [4.69, 9.17) is 5.73 Å². The molecule has 0 saturated heterocycles. The number of carbonyl (C=O) groups excluding carboxylic acids is 2. The van der Waals surface area contributed by atoms with Gasteiger partial charge in [-0.05, 0) is 24.5 Å². The van der Waals surface area contributed by atoms with E-state index in [-0.39, 0.29) is 12.1 Å². The Kier molecular flexibility index (Phi) is 3.82. The van der Waals surface area contributed by atoms with Gasteiger partial charge in [-0.2, -0.15) is 0 Å². The van der Waals surface area contributed by atoms with Crippen molar-refractivity contribution >= 4 is 17.6 Å². The van der Waals surface area contributed by atoms with E-state index in [1.165, 1.54) is 11.3 Å². The number of nitrogens with two attached hydrogens (primary N) is 1. The van der Waals surface area contributed by atoms with Crippen LogP contribution in [-0.4, -0.2) is 24.0 Å². The van der Waals surface area contributed by atoms with Crippen LogP contribution in [0.15, 0.2) is 24.3 Å². The third kappa shape index (κ3) is 2.73. The summed E-state index contributed by atoms with van der Waals surface area (Å²) in [5, 5.41) is 3.07. The number of nitrogens with one attached hydrogen (secondary N) is 1. The number of hydrogen-bond donors (Lipinski definition) is 2. The van der Waals surface area contributed by atoms with Gasteiger partial charge in [0, 0.05) is 18.2 Å². The molecule has 1 heterocycles. The minimum atomic E-state index is -0.578. The van der Waals surface area contributed by atoms with Gasteiger partial charge in [-0.15, -0.1) is 0 Å². The van der Waals surface area contributed by atoms with Crippen molar-refractivity contribution in [3.05, 3.63) is 29.8 Å². The number of anilines is 1. The van der Waals surface area contributed by atoms with Crippen LogP contribution in [0.4, 0.5) is 10.5 Å². The molecule has 1 aliphatic heterocycles. The van der Waals surface area contributed by atoms with E-state index in [0.29, 0.717) is 6.42 Å². The standard InChI is InChI=1S/C16H21N3O2/c17-15(20)14-10-11-6-4-5-9-13(11)19(14)16(21)18-12-7-2-1-3-8-12/h4-6,9,12,14H,1-3,7-8,10H2,(H2,17,20)(H,18,21). The second-order valence-electron chi connectivity index (χ2n) is 5.91. The maximum atomic E-state index is 12.6. The number of rotatable bonds is 2. The fourth-order valence-electron chi connectivity index (χ4n) is 3.36. The fraction of sp³-hybridized carbons (Fsp3) is 0.500. The zero-order chi connectivity index (χ0) is 14.8. The van der Waals surface area contributed by atoms with Gasteiger partial charge in [-0.25, -0.2) is 4.79 Å². The summed E-state index contributed by atoms with van der Waals surface area (Å²) in [4.78, 5) is 25.8. The monoisotopic (exact) mass is 287 g/mol. The minimum Gasteiger partial charge on any atom is -0.368 e. The van der Waals surface area contributed by atoms with Crippen LogP contribution in [-0.2, 0) is 11.2 Å². The van der Waals surface area contributed by atoms with E-state index in [2.05, 4.69) is 5.32 Å². The molecular formula is C16H21N3O2. The molecule has 0 bridgehead atoms. The first-order valence-corrected chi connectivity index (χ1v) is 7.64. The van der Waals surface area contributed by atoms with E-state index in [1.54, 1.807) is 0 Å². The van der Waals surface area contributed by atoms with Gasteiger partial charge in [0.1, 0.15) is 6.04 Å². The van der Waals surface area contributed by atoms with Crippen molar-refractivity contribution < 1.29 is 9.59 Å². The minimum absolute atomic E-state index is 0.198. The quantitative estimate of drug-likeness (QED) is 0.872. The lowest BCUT2D eigenvalue weighted by molar-refractivity contribution is -0.119. The van der Waals surface area contributed by atoms with E-state index in [0.717, 1.165) is 36.9 Å². The molecule has 5 nitrogen and oxygen atoms in total. The zero-order valence-electron chi connectivity index (χ0n) is 12.0. The van der Waals surface area contributed by atoms with Crippen LogP contribution >= 0.6 is 0 Å². The van der Waals surface area contributed by atoms with Gasteiger partial charge in [-0.3, -0.25) is 9.69 Å². The van der Waals surface area contributed by atoms with Gasteiger partial charge in [0.05, 0.1) is 0 Å². The molecule has 0 radical (unpaired) electrons. The molecule has 1 fully saturated rings. The predicted octanol–water partition coefficient (Wildman–Crippen LogP) is 1.95. The largest absolute Gasteiger partial charge is 0.368 e. The number of carbonyl (C=O) groups is 2. The predicted molar refractivity (Wildman–Crippen MR) is 81.0 cm³/mol. The normalized spacial score (nSPS) is 21.9. The molecule has 3 rings (SSSR count). The summed E-state index contributed by atoms with van der Waals surface area (Å²) in [6.07, 6.45) is 6.08. The Morgan fingerprint density at radius 1 is 1.14 bits per heavy atom. The average molecular weight is 287 g/mol. The van der Waals surface area contributed by atoms with E-state index >= 15 is 0 Å². The van der Waals surface area contributed by atoms with E-state index < -0.39 is 11.9 Å². The Hall–Kier alpha value is -2.04. The maximum Gasteiger partial charge on any atom is 0.322 e. The van der Waals surface area contributed by atoms with Crippen LogP contribution < -0.4 is 16.0 Å². The number of fused-ring (bicyclic) bond motifs is 1. The first-order chi connectivity index (χ1) is 10.2. The van der Waals surface area contributed by atoms with Crippen LogP contribution in [0.3, 0.4) is 0 Å². The summed E-state index contributed by atoms with van der Waals surface area (Å²) in [5.74, 6) is -0.454. The van der Waals surface area contributed by atoms with Crippen molar-refractivity contribution in [3.63, 3.8) is 0 Å². The molecule has 0 aromatic heterocycles. The summed E-state index contributed by atoms with van der Waals surface area (Å²) in [5.41, 5.74) is 7.28. The van der Waals surface area contributed by atoms with Gasteiger partial charge < -0.3 is 11.1 Å². The Labute approximate surface area is 124 Å². The summed E-state index contributed by atoms with van der Waals surface area (Å²) in [6.45, 7) is 0. The molecule has 1 saturated carbocycles. The molecular weight excluding hydrogens is 266 g/mol. The van der Waals surface area contributed by atoms with Crippen molar-refractivity contribution in [3.8, 4) is 0 Å². The smallest absolute Gasteiger partial charge is 0.322 e. The Morgan fingerprint density at radius 3 is 2.57 bits per heavy atom. The summed E-state index contributed by atoms with van der Waals surface area (Å²) in [7, 11) is 0. The zero-order valence-corrected chi connectivity index (χ0v) is 12.0. The molecule has 112 valence electrons. The lowest BCUT2D eigenvalue weighted by atomic mass is 9.96. The van der Waals surface area contributed by atoms with Crippen LogP contribution in [0.2, 0.25) is 0 Å². The number of hydrogen-bond acceptors (Lipinski definition) is 2. The number of urea groups is 1. The number of para-hydroxylation sites is 1. The fourth-order valence-corrected chi connectivity index (χ4v) is 3.36. The molecule has 2 aliphatic rings. The van der Waals surface area contributed by atoms with Crippen LogP contribution in [0, 0.1) is 0 Å². The van der Waals surface area contributed by atoms with Crippen LogP contribution in [0.5, 0.6) is 0 Å². The second kappa shape index (κ2) is 5.76. The number of nitrogens with zero attached hydrogens (tertiary/aromatic N) is 1. The van der Waals surface area contributed by atoms with Crippen molar-refractivity contribution in [2.24, 2.45) is 5.73 Å². The van der Waals surface area contributed by atoms with Gasteiger partial charge in [0.25, 0.3) is 0 Å². The summed E-state index contributed by atoms with van der Waals surface area (Å²) < 4.78 is 0. The first kappa shape index (κ1) is 13.9. The Morgan fingerprint density at radius 2 is 1.86 bits per heavy atom. The van der Waals surface area contributed by atoms with Crippen molar-refractivity contribution in [1.29, 1.82) is 0 Å². The van der Waals surface area contributed by atoms with Gasteiger partial charge in [-0.1, -0.05) is 37.5 Å². The molecule has 1 atom stereocenters. The molecule has 1 unspecified atom stereocenters. The van der Waals surface area contributed by atoms with E-state index in [1.807, 2.05) is 24.3 Å². The third-order valence-electron chi connectivity index (χ3n) is 4.46. The molecule has 5 heteroatoms. The molecule has 0 spiro atoms. The maximum absolute atomic E-state index is 12.6. The highest BCUT2D eigenvalue weighted by Gasteiger charge is 2.37. The molecule has 3 N–H and O–H groups in total. The van der Waals surface area contributed by atoms with Crippen LogP contribution in [0.25, 0.3) is 0 Å². The molecule has 21 heavy (non-hydrogen) atoms. The highest BCUT2D eigenvalue weighted by atomic mass is 16.2. The lowest BCUT2D eigenvalue weighted by Crippen LogP contribution is -2.52. The average Bonchev–Trinajstić information content (AvgIpc) is 2.88. The lowest BCUT2D eigenvalue weighted by Gasteiger charge is -2.28. The van der Waals surface area contributed by atoms with Gasteiger partial charge >= 0.3 is 6.03 Å². The highest BCUT2D eigenvalue weighted by Crippen LogP contribution is 2.32. The third-order valence-corrected chi connectivity index (χ3v) is 4.46. The number of primary amides is 1. The topological polar surface area (TPSA) is 75.4 Å². The first-order valence-electron chi connectivity index (χ1n) is 7.64. The van der Waals surface area contributed by atoms with Gasteiger partial charge in [0.2, 0.25) is 5.91 Å². The highest BCUT2D eigenvalue weighted by molar-refractivity contribution is 6.02. The SMILES string of the molecule is NC(=O)C1Cc2ccccc2N1C(=O)NC1CCCCC1. The van der Waals surface area contributed by atoms with Crippen molar-refractivity contribution in [2.75, 3.05) is 4.90 Å². The molecule has 3 amide bonds. The summed E-state index contributed by atoms with van der Waals surface area (Å²) in [6, 6.07) is 7.05. The molecule has 1 aromatic rings. The number of benzene rings is 1. The van der Waals surface area contributed by atoms with Crippen molar-refractivity contribution in [2.45, 2.75) is 50.6 Å². The second-order valence-corrected chi connectivity index (χ2v) is 5.91. The van der Waals surface area contributed by atoms with Crippen LogP contribution in [0.1, 0.15) is 37.7 Å².